The summed E-state index contributed by atoms with van der Waals surface area (Å²) in [5, 5.41) is 14.9. The van der Waals surface area contributed by atoms with E-state index < -0.39 is 28.9 Å². The van der Waals surface area contributed by atoms with Crippen LogP contribution >= 0.6 is 11.8 Å². The summed E-state index contributed by atoms with van der Waals surface area (Å²) in [5.74, 6) is -3.43. The second-order valence-corrected chi connectivity index (χ2v) is 5.57. The smallest absolute Gasteiger partial charge is 0.344 e. The fourth-order valence-electron chi connectivity index (χ4n) is 1.89. The predicted octanol–water partition coefficient (Wildman–Crippen LogP) is 2.03. The van der Waals surface area contributed by atoms with E-state index >= 15 is 0 Å². The maximum Gasteiger partial charge on any atom is 0.344 e. The van der Waals surface area contributed by atoms with Crippen LogP contribution in [-0.4, -0.2) is 25.8 Å². The van der Waals surface area contributed by atoms with E-state index in [2.05, 4.69) is 10.2 Å². The van der Waals surface area contributed by atoms with E-state index in [-0.39, 0.29) is 16.1 Å². The molecule has 1 aromatic carbocycles. The predicted molar refractivity (Wildman–Crippen MR) is 68.6 cm³/mol. The number of nitrogens with one attached hydrogen (secondary N) is 1. The van der Waals surface area contributed by atoms with Gasteiger partial charge < -0.3 is 5.11 Å². The Morgan fingerprint density at radius 3 is 2.52 bits per heavy atom. The van der Waals surface area contributed by atoms with Crippen molar-refractivity contribution < 1.29 is 18.7 Å². The number of hydrogen-bond acceptors (Lipinski definition) is 4. The van der Waals surface area contributed by atoms with E-state index in [1.807, 2.05) is 0 Å². The van der Waals surface area contributed by atoms with Crippen LogP contribution in [0.5, 0.6) is 0 Å². The molecule has 0 radical (unpaired) electrons. The minimum absolute atomic E-state index is 0.00293. The Bertz CT molecular complexity index is 759. The zero-order valence-corrected chi connectivity index (χ0v) is 11.3. The average Bonchev–Trinajstić information content (AvgIpc) is 3.18. The molecule has 0 saturated heterocycles. The molecule has 1 aromatic heterocycles. The number of carbonyl (C=O) groups is 1. The Balaban J connectivity index is 1.99. The number of nitrogens with zero attached hydrogens (tertiary/aromatic N) is 2. The van der Waals surface area contributed by atoms with Gasteiger partial charge in [-0.3, -0.25) is 4.57 Å². The van der Waals surface area contributed by atoms with E-state index in [1.165, 1.54) is 4.57 Å². The molecule has 6 nitrogen and oxygen atoms in total. The van der Waals surface area contributed by atoms with E-state index in [9.17, 15) is 18.4 Å². The number of H-pyrrole nitrogens is 1. The van der Waals surface area contributed by atoms with Gasteiger partial charge in [0, 0.05) is 6.04 Å². The van der Waals surface area contributed by atoms with Crippen molar-refractivity contribution in [1.29, 1.82) is 0 Å². The van der Waals surface area contributed by atoms with E-state index in [0.29, 0.717) is 11.8 Å². The Labute approximate surface area is 120 Å². The van der Waals surface area contributed by atoms with E-state index in [4.69, 9.17) is 5.11 Å². The van der Waals surface area contributed by atoms with Gasteiger partial charge in [-0.25, -0.2) is 23.5 Å². The lowest BCUT2D eigenvalue weighted by Crippen LogP contribution is -2.16. The Kier molecular flexibility index (Phi) is 3.28. The molecule has 2 aromatic rings. The van der Waals surface area contributed by atoms with Crippen molar-refractivity contribution in [3.63, 3.8) is 0 Å². The van der Waals surface area contributed by atoms with Crippen LogP contribution in [-0.2, 0) is 0 Å². The van der Waals surface area contributed by atoms with Gasteiger partial charge in [0.15, 0.2) is 5.16 Å². The number of aromatic amines is 1. The number of aromatic nitrogens is 3. The monoisotopic (exact) mass is 313 g/mol. The summed E-state index contributed by atoms with van der Waals surface area (Å²) < 4.78 is 29.1. The molecule has 21 heavy (non-hydrogen) atoms. The van der Waals surface area contributed by atoms with Crippen LogP contribution in [0.3, 0.4) is 0 Å². The zero-order chi connectivity index (χ0) is 15.1. The summed E-state index contributed by atoms with van der Waals surface area (Å²) in [6.07, 6.45) is 1.63. The van der Waals surface area contributed by atoms with Gasteiger partial charge in [0.05, 0.1) is 10.5 Å². The van der Waals surface area contributed by atoms with Crippen LogP contribution in [0, 0.1) is 11.6 Å². The molecule has 2 N–H and O–H groups in total. The molecular formula is C12H9F2N3O3S. The molecule has 110 valence electrons. The number of benzene rings is 1. The highest BCUT2D eigenvalue weighted by molar-refractivity contribution is 7.99. The molecule has 0 aliphatic heterocycles. The molecule has 3 rings (SSSR count). The van der Waals surface area contributed by atoms with Crippen molar-refractivity contribution in [2.45, 2.75) is 28.9 Å². The van der Waals surface area contributed by atoms with Gasteiger partial charge in [0.25, 0.3) is 0 Å². The molecule has 0 atom stereocenters. The average molecular weight is 313 g/mol. The first kappa shape index (κ1) is 13.8. The third-order valence-electron chi connectivity index (χ3n) is 3.02. The van der Waals surface area contributed by atoms with Crippen molar-refractivity contribution in [2.75, 3.05) is 0 Å². The van der Waals surface area contributed by atoms with E-state index in [0.717, 1.165) is 25.0 Å². The second-order valence-electron chi connectivity index (χ2n) is 4.59. The van der Waals surface area contributed by atoms with Crippen LogP contribution in [0.15, 0.2) is 27.0 Å². The summed E-state index contributed by atoms with van der Waals surface area (Å²) in [4.78, 5) is 21.9. The molecule has 0 spiro atoms. The summed E-state index contributed by atoms with van der Waals surface area (Å²) in [6.45, 7) is 0. The molecule has 1 aliphatic carbocycles. The maximum absolute atomic E-state index is 13.9. The van der Waals surface area contributed by atoms with Crippen molar-refractivity contribution in [1.82, 2.24) is 14.8 Å². The van der Waals surface area contributed by atoms with Crippen LogP contribution in [0.1, 0.15) is 29.2 Å². The van der Waals surface area contributed by atoms with Gasteiger partial charge in [-0.15, -0.1) is 5.10 Å². The minimum atomic E-state index is -1.42. The van der Waals surface area contributed by atoms with Crippen molar-refractivity contribution >= 4 is 17.7 Å². The summed E-state index contributed by atoms with van der Waals surface area (Å²) in [7, 11) is 0. The first-order valence-electron chi connectivity index (χ1n) is 6.04. The van der Waals surface area contributed by atoms with Crippen molar-refractivity contribution in [3.8, 4) is 0 Å². The molecule has 1 heterocycles. The number of carboxylic acids is 1. The lowest BCUT2D eigenvalue weighted by molar-refractivity contribution is 0.0695. The molecule has 0 unspecified atom stereocenters. The standard InChI is InChI=1S/C12H9F2N3O3S/c13-7-3-5(10(18)19)4-8(14)9(7)21-12-16-15-11(20)17(12)6-1-2-6/h3-4,6H,1-2H2,(H,15,20)(H,18,19). The Morgan fingerprint density at radius 1 is 1.38 bits per heavy atom. The normalized spacial score (nSPS) is 14.4. The third-order valence-corrected chi connectivity index (χ3v) is 4.09. The number of hydrogen-bond donors (Lipinski definition) is 2. The quantitative estimate of drug-likeness (QED) is 0.902. The van der Waals surface area contributed by atoms with Gasteiger partial charge in [-0.2, -0.15) is 0 Å². The minimum Gasteiger partial charge on any atom is -0.478 e. The molecule has 1 fully saturated rings. The first-order valence-corrected chi connectivity index (χ1v) is 6.86. The van der Waals surface area contributed by atoms with Gasteiger partial charge in [0.2, 0.25) is 0 Å². The van der Waals surface area contributed by atoms with Gasteiger partial charge in [-0.1, -0.05) is 0 Å². The van der Waals surface area contributed by atoms with Crippen LogP contribution in [0.2, 0.25) is 0 Å². The number of aromatic carboxylic acids is 1. The van der Waals surface area contributed by atoms with Gasteiger partial charge in [-0.05, 0) is 36.7 Å². The Morgan fingerprint density at radius 2 is 2.00 bits per heavy atom. The summed E-state index contributed by atoms with van der Waals surface area (Å²) in [6, 6.07) is 1.48. The number of halogens is 2. The second kappa shape index (κ2) is 4.99. The zero-order valence-electron chi connectivity index (χ0n) is 10.5. The highest BCUT2D eigenvalue weighted by atomic mass is 32.2. The number of carboxylic acid groups (broad SMARTS) is 1. The van der Waals surface area contributed by atoms with Gasteiger partial charge >= 0.3 is 11.7 Å². The van der Waals surface area contributed by atoms with Crippen LogP contribution in [0.4, 0.5) is 8.78 Å². The molecule has 0 bridgehead atoms. The molecule has 9 heteroatoms. The van der Waals surface area contributed by atoms with E-state index in [1.54, 1.807) is 0 Å². The third kappa shape index (κ3) is 2.56. The fraction of sp³-hybridized carbons (Fsp3) is 0.250. The van der Waals surface area contributed by atoms with Crippen molar-refractivity contribution in [3.05, 3.63) is 39.8 Å². The number of rotatable bonds is 4. The summed E-state index contributed by atoms with van der Waals surface area (Å²) >= 11 is 0.655. The van der Waals surface area contributed by atoms with Crippen molar-refractivity contribution in [2.24, 2.45) is 0 Å². The maximum atomic E-state index is 13.9. The SMILES string of the molecule is O=C(O)c1cc(F)c(Sc2n[nH]c(=O)n2C2CC2)c(F)c1. The van der Waals surface area contributed by atoms with Crippen LogP contribution < -0.4 is 5.69 Å². The molecular weight excluding hydrogens is 304 g/mol. The fourth-order valence-corrected chi connectivity index (χ4v) is 2.81. The molecule has 1 aliphatic rings. The summed E-state index contributed by atoms with van der Waals surface area (Å²) in [5.41, 5.74) is -0.904. The Hall–Kier alpha value is -2.16. The molecule has 0 amide bonds. The van der Waals surface area contributed by atoms with Crippen LogP contribution in [0.25, 0.3) is 0 Å². The van der Waals surface area contributed by atoms with Gasteiger partial charge in [0.1, 0.15) is 11.6 Å². The highest BCUT2D eigenvalue weighted by Gasteiger charge is 2.29. The first-order chi connectivity index (χ1) is 9.97. The lowest BCUT2D eigenvalue weighted by Gasteiger charge is -2.06. The molecule has 1 saturated carbocycles. The largest absolute Gasteiger partial charge is 0.478 e. The lowest BCUT2D eigenvalue weighted by atomic mass is 10.2. The highest BCUT2D eigenvalue weighted by Crippen LogP contribution is 2.38. The topological polar surface area (TPSA) is 88.0 Å².